The van der Waals surface area contributed by atoms with Gasteiger partial charge in [-0.2, -0.15) is 0 Å². The Kier molecular flexibility index (Phi) is 5.68. The monoisotopic (exact) mass is 446 g/mol. The summed E-state index contributed by atoms with van der Waals surface area (Å²) in [5.41, 5.74) is -1.28. The number of esters is 1. The van der Waals surface area contributed by atoms with Gasteiger partial charge in [0.25, 0.3) is 0 Å². The molecule has 0 aliphatic carbocycles. The third kappa shape index (κ3) is 4.00. The lowest BCUT2D eigenvalue weighted by molar-refractivity contribution is -0.147. The van der Waals surface area contributed by atoms with Crippen LogP contribution in [0.1, 0.15) is 36.5 Å². The van der Waals surface area contributed by atoms with Crippen LogP contribution in [0.25, 0.3) is 16.2 Å². The molecule has 4 rings (SSSR count). The molecule has 3 aromatic heterocycles. The third-order valence-corrected chi connectivity index (χ3v) is 5.92. The van der Waals surface area contributed by atoms with Crippen LogP contribution in [-0.2, 0) is 9.53 Å². The van der Waals surface area contributed by atoms with E-state index in [0.29, 0.717) is 24.5 Å². The molecule has 1 unspecified atom stereocenters. The normalized spacial score (nSPS) is 17.7. The molecule has 0 aromatic carbocycles. The number of anilines is 1. The number of hydrogen-bond acceptors (Lipinski definition) is 8. The van der Waals surface area contributed by atoms with Crippen molar-refractivity contribution >= 4 is 40.1 Å². The zero-order valence-electron chi connectivity index (χ0n) is 16.6. The van der Waals surface area contributed by atoms with Crippen LogP contribution in [-0.4, -0.2) is 44.9 Å². The number of thiazole rings is 1. The zero-order valence-corrected chi connectivity index (χ0v) is 17.4. The second-order valence-electron chi connectivity index (χ2n) is 7.28. The van der Waals surface area contributed by atoms with Crippen molar-refractivity contribution < 1.29 is 23.8 Å². The lowest BCUT2D eigenvalue weighted by atomic mass is 10.0. The number of rotatable bonds is 3. The number of halogens is 1. The van der Waals surface area contributed by atoms with Gasteiger partial charge >= 0.3 is 11.9 Å². The molecule has 0 bridgehead atoms. The van der Waals surface area contributed by atoms with E-state index < -0.39 is 22.8 Å². The van der Waals surface area contributed by atoms with Crippen LogP contribution < -0.4 is 10.3 Å². The van der Waals surface area contributed by atoms with Crippen molar-refractivity contribution in [1.29, 1.82) is 0 Å². The van der Waals surface area contributed by atoms with E-state index >= 15 is 4.39 Å². The summed E-state index contributed by atoms with van der Waals surface area (Å²) >= 11 is 1.21. The fraction of sp³-hybridized carbons (Fsp3) is 0.350. The number of carboxylic acids is 1. The molecule has 31 heavy (non-hydrogen) atoms. The van der Waals surface area contributed by atoms with Crippen LogP contribution >= 0.6 is 11.3 Å². The zero-order chi connectivity index (χ0) is 22.1. The summed E-state index contributed by atoms with van der Waals surface area (Å²) in [4.78, 5) is 46.3. The molecule has 4 heterocycles. The van der Waals surface area contributed by atoms with Gasteiger partial charge in [0.15, 0.2) is 29.1 Å². The molecule has 0 spiro atoms. The molecule has 0 radical (unpaired) electrons. The van der Waals surface area contributed by atoms with Gasteiger partial charge in [-0.3, -0.25) is 14.2 Å². The van der Waals surface area contributed by atoms with Gasteiger partial charge < -0.3 is 14.7 Å². The van der Waals surface area contributed by atoms with Crippen molar-refractivity contribution in [3.05, 3.63) is 45.4 Å². The summed E-state index contributed by atoms with van der Waals surface area (Å²) < 4.78 is 21.7. The highest BCUT2D eigenvalue weighted by atomic mass is 32.1. The standard InChI is InChI=1S/C20H19FN4O5S/c1-11-4-2-3-6-24(10-30-19(11)29)17-14(21)8-12-15(26)13(18(27)28)9-25(16(12)23-17)20-22-5-7-31-20/h5,7-9,11H,2-4,6,10H2,1H3,(H,27,28). The van der Waals surface area contributed by atoms with Crippen molar-refractivity contribution in [2.45, 2.75) is 26.2 Å². The summed E-state index contributed by atoms with van der Waals surface area (Å²) in [7, 11) is 0. The van der Waals surface area contributed by atoms with E-state index in [4.69, 9.17) is 4.74 Å². The Morgan fingerprint density at radius 1 is 1.35 bits per heavy atom. The molecular formula is C20H19FN4O5S. The Labute approximate surface area is 179 Å². The first-order valence-corrected chi connectivity index (χ1v) is 10.6. The Balaban J connectivity index is 1.88. The van der Waals surface area contributed by atoms with Gasteiger partial charge in [0, 0.05) is 24.3 Å². The first kappa shape index (κ1) is 20.9. The van der Waals surface area contributed by atoms with E-state index in [1.807, 2.05) is 0 Å². The minimum absolute atomic E-state index is 0.0703. The fourth-order valence-electron chi connectivity index (χ4n) is 3.46. The molecular weight excluding hydrogens is 427 g/mol. The Morgan fingerprint density at radius 3 is 2.87 bits per heavy atom. The van der Waals surface area contributed by atoms with Crippen molar-refractivity contribution in [1.82, 2.24) is 14.5 Å². The molecule has 1 saturated heterocycles. The van der Waals surface area contributed by atoms with Gasteiger partial charge in [-0.15, -0.1) is 11.3 Å². The topological polar surface area (TPSA) is 115 Å². The molecule has 11 heteroatoms. The second kappa shape index (κ2) is 8.42. The van der Waals surface area contributed by atoms with Gasteiger partial charge in [-0.1, -0.05) is 13.3 Å². The Hall–Kier alpha value is -3.34. The number of nitrogens with zero attached hydrogens (tertiary/aromatic N) is 4. The molecule has 9 nitrogen and oxygen atoms in total. The second-order valence-corrected chi connectivity index (χ2v) is 8.15. The van der Waals surface area contributed by atoms with Crippen LogP contribution in [0, 0.1) is 11.7 Å². The van der Waals surface area contributed by atoms with Crippen LogP contribution in [0.2, 0.25) is 0 Å². The molecule has 0 amide bonds. The summed E-state index contributed by atoms with van der Waals surface area (Å²) in [5.74, 6) is -2.91. The number of carbonyl (C=O) groups is 2. The maximum Gasteiger partial charge on any atom is 0.341 e. The Morgan fingerprint density at radius 2 is 2.16 bits per heavy atom. The highest BCUT2D eigenvalue weighted by Gasteiger charge is 2.24. The smallest absolute Gasteiger partial charge is 0.341 e. The highest BCUT2D eigenvalue weighted by molar-refractivity contribution is 7.12. The number of ether oxygens (including phenoxy) is 1. The average Bonchev–Trinajstić information content (AvgIpc) is 3.28. The van der Waals surface area contributed by atoms with Crippen LogP contribution in [0.4, 0.5) is 10.2 Å². The third-order valence-electron chi connectivity index (χ3n) is 5.15. The molecule has 1 aliphatic rings. The minimum atomic E-state index is -1.43. The minimum Gasteiger partial charge on any atom is -0.477 e. The number of aromatic nitrogens is 3. The van der Waals surface area contributed by atoms with Gasteiger partial charge in [0.1, 0.15) is 5.56 Å². The molecule has 3 aromatic rings. The number of aromatic carboxylic acids is 1. The predicted molar refractivity (Wildman–Crippen MR) is 111 cm³/mol. The van der Waals surface area contributed by atoms with E-state index in [1.54, 1.807) is 12.3 Å². The number of carboxylic acid groups (broad SMARTS) is 1. The summed E-state index contributed by atoms with van der Waals surface area (Å²) in [6, 6.07) is 0.980. The van der Waals surface area contributed by atoms with E-state index in [1.165, 1.54) is 27.0 Å². The summed E-state index contributed by atoms with van der Waals surface area (Å²) in [5, 5.41) is 11.3. The maximum atomic E-state index is 15.0. The lowest BCUT2D eigenvalue weighted by Crippen LogP contribution is -2.31. The first-order chi connectivity index (χ1) is 14.9. The van der Waals surface area contributed by atoms with Crippen molar-refractivity contribution in [2.24, 2.45) is 5.92 Å². The number of cyclic esters (lactones) is 1. The lowest BCUT2D eigenvalue weighted by Gasteiger charge is -2.23. The quantitative estimate of drug-likeness (QED) is 0.611. The SMILES string of the molecule is CC1CCCCN(c2nc3c(cc2F)c(=O)c(C(=O)O)cn3-c2nccs2)COC1=O. The van der Waals surface area contributed by atoms with Gasteiger partial charge in [0.2, 0.25) is 5.43 Å². The first-order valence-electron chi connectivity index (χ1n) is 9.67. The molecule has 1 aliphatic heterocycles. The van der Waals surface area contributed by atoms with E-state index in [2.05, 4.69) is 9.97 Å². The molecule has 162 valence electrons. The number of fused-ring (bicyclic) bond motifs is 1. The fourth-order valence-corrected chi connectivity index (χ4v) is 4.07. The number of hydrogen-bond donors (Lipinski definition) is 1. The summed E-state index contributed by atoms with van der Waals surface area (Å²) in [6.45, 7) is 2.02. The van der Waals surface area contributed by atoms with Crippen LogP contribution in [0.3, 0.4) is 0 Å². The highest BCUT2D eigenvalue weighted by Crippen LogP contribution is 2.25. The molecule has 0 saturated carbocycles. The summed E-state index contributed by atoms with van der Waals surface area (Å²) in [6.07, 6.45) is 4.82. The van der Waals surface area contributed by atoms with Crippen molar-refractivity contribution in [2.75, 3.05) is 18.2 Å². The van der Waals surface area contributed by atoms with Gasteiger partial charge in [-0.25, -0.2) is 19.2 Å². The van der Waals surface area contributed by atoms with Crippen molar-refractivity contribution in [3.8, 4) is 5.13 Å². The average molecular weight is 446 g/mol. The van der Waals surface area contributed by atoms with Crippen LogP contribution in [0.15, 0.2) is 28.6 Å². The Bertz CT molecular complexity index is 1210. The number of pyridine rings is 2. The van der Waals surface area contributed by atoms with Crippen LogP contribution in [0.5, 0.6) is 0 Å². The number of carbonyl (C=O) groups excluding carboxylic acids is 1. The van der Waals surface area contributed by atoms with Gasteiger partial charge in [0.05, 0.1) is 11.3 Å². The largest absolute Gasteiger partial charge is 0.477 e. The molecule has 1 atom stereocenters. The van der Waals surface area contributed by atoms with E-state index in [9.17, 15) is 19.5 Å². The molecule has 1 fully saturated rings. The molecule has 1 N–H and O–H groups in total. The maximum absolute atomic E-state index is 15.0. The van der Waals surface area contributed by atoms with E-state index in [-0.39, 0.29) is 35.5 Å². The van der Waals surface area contributed by atoms with E-state index in [0.717, 1.165) is 18.7 Å². The predicted octanol–water partition coefficient (Wildman–Crippen LogP) is 2.81. The van der Waals surface area contributed by atoms with Crippen molar-refractivity contribution in [3.63, 3.8) is 0 Å². The van der Waals surface area contributed by atoms with Gasteiger partial charge in [-0.05, 0) is 18.9 Å².